The van der Waals surface area contributed by atoms with Crippen LogP contribution in [-0.4, -0.2) is 37.8 Å². The van der Waals surface area contributed by atoms with Gasteiger partial charge in [0.2, 0.25) is 15.9 Å². The van der Waals surface area contributed by atoms with Crippen LogP contribution in [-0.2, 0) is 14.8 Å². The third-order valence-corrected chi connectivity index (χ3v) is 7.57. The molecule has 6 nitrogen and oxygen atoms in total. The van der Waals surface area contributed by atoms with E-state index >= 15 is 0 Å². The summed E-state index contributed by atoms with van der Waals surface area (Å²) in [4.78, 5) is 12.8. The van der Waals surface area contributed by atoms with Gasteiger partial charge in [0.25, 0.3) is 0 Å². The topological polar surface area (TPSA) is 78.5 Å². The molecule has 0 aliphatic carbocycles. The van der Waals surface area contributed by atoms with Crippen molar-refractivity contribution in [3.8, 4) is 0 Å². The van der Waals surface area contributed by atoms with E-state index in [1.807, 2.05) is 37.3 Å². The molecule has 0 saturated carbocycles. The van der Waals surface area contributed by atoms with E-state index in [9.17, 15) is 13.2 Å². The molecule has 2 atom stereocenters. The number of nitrogens with one attached hydrogen (secondary N) is 2. The summed E-state index contributed by atoms with van der Waals surface area (Å²) in [6, 6.07) is 13.8. The van der Waals surface area contributed by atoms with Gasteiger partial charge >= 0.3 is 0 Å². The van der Waals surface area contributed by atoms with Gasteiger partial charge in [-0.15, -0.1) is 0 Å². The summed E-state index contributed by atoms with van der Waals surface area (Å²) >= 11 is 6.24. The molecular formula is C22H28ClN3O3S. The first-order chi connectivity index (χ1) is 14.3. The Balaban J connectivity index is 1.71. The summed E-state index contributed by atoms with van der Waals surface area (Å²) in [6.07, 6.45) is 2.76. The van der Waals surface area contributed by atoms with E-state index in [0.717, 1.165) is 24.8 Å². The summed E-state index contributed by atoms with van der Waals surface area (Å²) in [6.45, 7) is 4.78. The van der Waals surface area contributed by atoms with Crippen LogP contribution in [0.2, 0.25) is 5.02 Å². The van der Waals surface area contributed by atoms with Crippen LogP contribution in [0.5, 0.6) is 0 Å². The number of hydrogen-bond acceptors (Lipinski definition) is 4. The van der Waals surface area contributed by atoms with E-state index in [4.69, 9.17) is 11.6 Å². The number of piperidine rings is 1. The number of carbonyl (C=O) groups excluding carboxylic acids is 1. The summed E-state index contributed by atoms with van der Waals surface area (Å²) in [5.74, 6) is -0.285. The van der Waals surface area contributed by atoms with Gasteiger partial charge in [0.1, 0.15) is 0 Å². The molecular weight excluding hydrogens is 422 g/mol. The SMILES string of the molecule is C[C@H](N[C@H](C)c1ccccc1)C(=O)Nc1cc(S(=O)(=O)N2CCCCC2)ccc1Cl. The molecule has 2 aromatic rings. The molecule has 1 aliphatic rings. The monoisotopic (exact) mass is 449 g/mol. The van der Waals surface area contributed by atoms with Crippen molar-refractivity contribution in [2.75, 3.05) is 18.4 Å². The zero-order chi connectivity index (χ0) is 21.7. The Morgan fingerprint density at radius 1 is 1.03 bits per heavy atom. The lowest BCUT2D eigenvalue weighted by Gasteiger charge is -2.26. The number of halogens is 1. The van der Waals surface area contributed by atoms with Crippen LogP contribution in [0.4, 0.5) is 5.69 Å². The van der Waals surface area contributed by atoms with Crippen molar-refractivity contribution >= 4 is 33.2 Å². The van der Waals surface area contributed by atoms with Crippen molar-refractivity contribution < 1.29 is 13.2 Å². The first kappa shape index (κ1) is 22.7. The van der Waals surface area contributed by atoms with E-state index in [1.54, 1.807) is 6.92 Å². The molecule has 2 aromatic carbocycles. The Labute approximate surface area is 183 Å². The Morgan fingerprint density at radius 2 is 1.70 bits per heavy atom. The van der Waals surface area contributed by atoms with Gasteiger partial charge in [0, 0.05) is 19.1 Å². The third-order valence-electron chi connectivity index (χ3n) is 5.34. The summed E-state index contributed by atoms with van der Waals surface area (Å²) in [5.41, 5.74) is 1.37. The predicted octanol–water partition coefficient (Wildman–Crippen LogP) is 4.19. The fourth-order valence-electron chi connectivity index (χ4n) is 3.54. The molecule has 0 unspecified atom stereocenters. The normalized spacial score (nSPS) is 17.3. The third kappa shape index (κ3) is 5.40. The van der Waals surface area contributed by atoms with Crippen molar-refractivity contribution in [1.82, 2.24) is 9.62 Å². The fraction of sp³-hybridized carbons (Fsp3) is 0.409. The second kappa shape index (κ2) is 9.92. The second-order valence-corrected chi connectivity index (χ2v) is 9.96. The minimum atomic E-state index is -3.60. The minimum absolute atomic E-state index is 0.0202. The highest BCUT2D eigenvalue weighted by atomic mass is 35.5. The van der Waals surface area contributed by atoms with Crippen molar-refractivity contribution in [1.29, 1.82) is 0 Å². The van der Waals surface area contributed by atoms with Gasteiger partial charge in [0.05, 0.1) is 21.6 Å². The Morgan fingerprint density at radius 3 is 2.37 bits per heavy atom. The maximum Gasteiger partial charge on any atom is 0.243 e. The zero-order valence-corrected chi connectivity index (χ0v) is 18.8. The average Bonchev–Trinajstić information content (AvgIpc) is 2.76. The molecule has 1 heterocycles. The van der Waals surface area contributed by atoms with Crippen molar-refractivity contribution in [2.24, 2.45) is 0 Å². The number of hydrogen-bond donors (Lipinski definition) is 2. The van der Waals surface area contributed by atoms with Gasteiger partial charge in [-0.1, -0.05) is 48.4 Å². The smallest absolute Gasteiger partial charge is 0.243 e. The summed E-state index contributed by atoms with van der Waals surface area (Å²) in [7, 11) is -3.60. The Hall–Kier alpha value is -1.93. The molecule has 162 valence electrons. The number of nitrogens with zero attached hydrogens (tertiary/aromatic N) is 1. The van der Waals surface area contributed by atoms with E-state index in [-0.39, 0.29) is 16.8 Å². The van der Waals surface area contributed by atoms with Gasteiger partial charge in [-0.25, -0.2) is 8.42 Å². The van der Waals surface area contributed by atoms with Gasteiger partial charge < -0.3 is 5.32 Å². The highest BCUT2D eigenvalue weighted by molar-refractivity contribution is 7.89. The zero-order valence-electron chi connectivity index (χ0n) is 17.3. The van der Waals surface area contributed by atoms with Crippen molar-refractivity contribution in [2.45, 2.75) is 50.1 Å². The quantitative estimate of drug-likeness (QED) is 0.664. The van der Waals surface area contributed by atoms with Gasteiger partial charge in [0.15, 0.2) is 0 Å². The first-order valence-corrected chi connectivity index (χ1v) is 12.0. The molecule has 1 saturated heterocycles. The lowest BCUT2D eigenvalue weighted by molar-refractivity contribution is -0.117. The van der Waals surface area contributed by atoms with E-state index in [1.165, 1.54) is 22.5 Å². The molecule has 1 amide bonds. The molecule has 30 heavy (non-hydrogen) atoms. The van der Waals surface area contributed by atoms with Crippen LogP contribution in [0.3, 0.4) is 0 Å². The highest BCUT2D eigenvalue weighted by Crippen LogP contribution is 2.28. The lowest BCUT2D eigenvalue weighted by Crippen LogP contribution is -2.39. The lowest BCUT2D eigenvalue weighted by atomic mass is 10.1. The van der Waals surface area contributed by atoms with Crippen molar-refractivity contribution in [3.63, 3.8) is 0 Å². The van der Waals surface area contributed by atoms with Crippen LogP contribution >= 0.6 is 11.6 Å². The first-order valence-electron chi connectivity index (χ1n) is 10.2. The summed E-state index contributed by atoms with van der Waals surface area (Å²) in [5, 5.41) is 6.31. The maximum absolute atomic E-state index is 12.9. The van der Waals surface area contributed by atoms with Gasteiger partial charge in [-0.05, 0) is 50.5 Å². The number of carbonyl (C=O) groups is 1. The number of sulfonamides is 1. The number of amides is 1. The van der Waals surface area contributed by atoms with Crippen LogP contribution < -0.4 is 10.6 Å². The van der Waals surface area contributed by atoms with Crippen LogP contribution in [0.15, 0.2) is 53.4 Å². The maximum atomic E-state index is 12.9. The number of rotatable bonds is 7. The molecule has 0 aromatic heterocycles. The van der Waals surface area contributed by atoms with Crippen LogP contribution in [0, 0.1) is 0 Å². The van der Waals surface area contributed by atoms with E-state index in [0.29, 0.717) is 23.8 Å². The number of benzene rings is 2. The molecule has 1 fully saturated rings. The molecule has 2 N–H and O–H groups in total. The predicted molar refractivity (Wildman–Crippen MR) is 120 cm³/mol. The molecule has 3 rings (SSSR count). The second-order valence-electron chi connectivity index (χ2n) is 7.62. The van der Waals surface area contributed by atoms with Gasteiger partial charge in [-0.3, -0.25) is 10.1 Å². The number of anilines is 1. The standard InChI is InChI=1S/C22H28ClN3O3S/c1-16(18-9-5-3-6-10-18)24-17(2)22(27)25-21-15-19(11-12-20(21)23)30(28,29)26-13-7-4-8-14-26/h3,5-6,9-12,15-17,24H,4,7-8,13-14H2,1-2H3,(H,25,27)/t16-,17+/m1/s1. The van der Waals surface area contributed by atoms with Crippen molar-refractivity contribution in [3.05, 3.63) is 59.1 Å². The van der Waals surface area contributed by atoms with E-state index < -0.39 is 16.1 Å². The highest BCUT2D eigenvalue weighted by Gasteiger charge is 2.27. The molecule has 8 heteroatoms. The molecule has 0 bridgehead atoms. The van der Waals surface area contributed by atoms with E-state index in [2.05, 4.69) is 10.6 Å². The average molecular weight is 450 g/mol. The molecule has 0 radical (unpaired) electrons. The Kier molecular flexibility index (Phi) is 7.52. The fourth-order valence-corrected chi connectivity index (χ4v) is 5.25. The Bertz CT molecular complexity index is 976. The largest absolute Gasteiger partial charge is 0.323 e. The van der Waals surface area contributed by atoms with Gasteiger partial charge in [-0.2, -0.15) is 4.31 Å². The van der Waals surface area contributed by atoms with Crippen LogP contribution in [0.1, 0.15) is 44.7 Å². The molecule has 0 spiro atoms. The summed E-state index contributed by atoms with van der Waals surface area (Å²) < 4.78 is 27.4. The molecule has 1 aliphatic heterocycles. The van der Waals surface area contributed by atoms with Crippen LogP contribution in [0.25, 0.3) is 0 Å². The minimum Gasteiger partial charge on any atom is -0.323 e.